The van der Waals surface area contributed by atoms with Crippen molar-refractivity contribution in [3.63, 3.8) is 0 Å². The number of hydrogen-bond acceptors (Lipinski definition) is 5. The quantitative estimate of drug-likeness (QED) is 0.420. The maximum atomic E-state index is 12.3. The third-order valence-corrected chi connectivity index (χ3v) is 8.53. The predicted molar refractivity (Wildman–Crippen MR) is 139 cm³/mol. The van der Waals surface area contributed by atoms with Crippen LogP contribution in [0, 0.1) is 11.8 Å². The Balaban J connectivity index is 1.53. The lowest BCUT2D eigenvalue weighted by Crippen LogP contribution is -2.49. The fourth-order valence-corrected chi connectivity index (χ4v) is 6.51. The fourth-order valence-electron chi connectivity index (χ4n) is 6.32. The molecule has 3 aliphatic rings. The number of fused-ring (bicyclic) bond motifs is 3. The molecular formula is C29H34ClNO4. The van der Waals surface area contributed by atoms with Gasteiger partial charge in [0.05, 0.1) is 31.1 Å². The number of methoxy groups -OCH3 is 1. The van der Waals surface area contributed by atoms with Gasteiger partial charge in [-0.2, -0.15) is 0 Å². The monoisotopic (exact) mass is 495 g/mol. The summed E-state index contributed by atoms with van der Waals surface area (Å²) < 4.78 is 11.5. The van der Waals surface area contributed by atoms with E-state index in [1.54, 1.807) is 12.1 Å². The molecule has 2 aliphatic carbocycles. The lowest BCUT2D eigenvalue weighted by molar-refractivity contribution is 0.0178. The van der Waals surface area contributed by atoms with E-state index < -0.39 is 0 Å². The lowest BCUT2D eigenvalue weighted by atomic mass is 9.68. The summed E-state index contributed by atoms with van der Waals surface area (Å²) in [5.74, 6) is 1.08. The van der Waals surface area contributed by atoms with Gasteiger partial charge in [-0.25, -0.2) is 4.79 Å². The number of halogens is 1. The van der Waals surface area contributed by atoms with Gasteiger partial charge in [0.25, 0.3) is 0 Å². The smallest absolute Gasteiger partial charge is 0.337 e. The number of carbonyl (C=O) groups excluding carboxylic acids is 1. The van der Waals surface area contributed by atoms with E-state index in [1.807, 2.05) is 18.2 Å². The zero-order chi connectivity index (χ0) is 24.6. The summed E-state index contributed by atoms with van der Waals surface area (Å²) in [4.78, 5) is 14.7. The first-order valence-corrected chi connectivity index (χ1v) is 13.0. The fraction of sp³-hybridized carbons (Fsp3) is 0.483. The molecule has 0 saturated heterocycles. The topological polar surface area (TPSA) is 59.0 Å². The van der Waals surface area contributed by atoms with Crippen LogP contribution in [0.2, 0.25) is 5.02 Å². The number of esters is 1. The number of ether oxygens (including phenoxy) is 2. The molecule has 1 spiro atoms. The zero-order valence-corrected chi connectivity index (χ0v) is 21.1. The third-order valence-electron chi connectivity index (χ3n) is 8.29. The minimum Gasteiger partial charge on any atom is -0.490 e. The van der Waals surface area contributed by atoms with Crippen molar-refractivity contribution in [3.05, 3.63) is 70.8 Å². The van der Waals surface area contributed by atoms with Crippen LogP contribution in [0.3, 0.4) is 0 Å². The van der Waals surface area contributed by atoms with Gasteiger partial charge in [-0.3, -0.25) is 0 Å². The summed E-state index contributed by atoms with van der Waals surface area (Å²) in [6.45, 7) is 5.98. The molecule has 35 heavy (non-hydrogen) atoms. The second-order valence-corrected chi connectivity index (χ2v) is 10.8. The Bertz CT molecular complexity index is 1120. The van der Waals surface area contributed by atoms with Crippen LogP contribution >= 0.6 is 11.6 Å². The van der Waals surface area contributed by atoms with Crippen molar-refractivity contribution in [2.45, 2.75) is 50.0 Å². The van der Waals surface area contributed by atoms with Gasteiger partial charge in [-0.1, -0.05) is 23.7 Å². The predicted octanol–water partition coefficient (Wildman–Crippen LogP) is 5.56. The number of hydrogen-bond donors (Lipinski definition) is 1. The summed E-state index contributed by atoms with van der Waals surface area (Å²) >= 11 is 6.35. The third kappa shape index (κ3) is 4.56. The average Bonchev–Trinajstić information content (AvgIpc) is 2.98. The number of nitrogens with zero attached hydrogens (tertiary/aromatic N) is 1. The van der Waals surface area contributed by atoms with Gasteiger partial charge >= 0.3 is 5.97 Å². The highest BCUT2D eigenvalue weighted by Crippen LogP contribution is 2.46. The highest BCUT2D eigenvalue weighted by Gasteiger charge is 2.44. The second-order valence-electron chi connectivity index (χ2n) is 10.4. The van der Waals surface area contributed by atoms with Crippen LogP contribution in [-0.4, -0.2) is 44.0 Å². The van der Waals surface area contributed by atoms with E-state index in [9.17, 15) is 9.90 Å². The Hall–Kier alpha value is -2.50. The standard InChI is InChI=1S/C29H34ClNO4/c1-3-5-26(32)23-10-7-21(23)16-31-17-29(13-4-6-19-14-22(30)9-11-24(19)29)18-35-27-12-8-20(15-25(27)31)28(33)34-2/h3,8-9,11-12,14-15,21,23,26,32H,1,4-7,10,13,16-18H2,2H3/t21-,23+,26+,29?/m0/s1. The Morgan fingerprint density at radius 1 is 1.34 bits per heavy atom. The molecule has 2 aromatic carbocycles. The van der Waals surface area contributed by atoms with Crippen molar-refractivity contribution in [3.8, 4) is 5.75 Å². The van der Waals surface area contributed by atoms with E-state index in [0.717, 1.165) is 61.7 Å². The molecule has 1 N–H and O–H groups in total. The number of benzene rings is 2. The molecule has 1 unspecified atom stereocenters. The van der Waals surface area contributed by atoms with Crippen molar-refractivity contribution in [1.82, 2.24) is 0 Å². The number of aryl methyl sites for hydroxylation is 1. The molecule has 1 fully saturated rings. The summed E-state index contributed by atoms with van der Waals surface area (Å²) in [6, 6.07) is 11.8. The molecule has 0 radical (unpaired) electrons. The molecule has 4 atom stereocenters. The van der Waals surface area contributed by atoms with Gasteiger partial charge in [0.2, 0.25) is 0 Å². The molecule has 1 aliphatic heterocycles. The minimum absolute atomic E-state index is 0.165. The van der Waals surface area contributed by atoms with E-state index in [2.05, 4.69) is 23.6 Å². The van der Waals surface area contributed by atoms with Gasteiger partial charge in [0.15, 0.2) is 0 Å². The van der Waals surface area contributed by atoms with E-state index in [-0.39, 0.29) is 23.4 Å². The van der Waals surface area contributed by atoms with Crippen molar-refractivity contribution in [2.75, 3.05) is 31.7 Å². The van der Waals surface area contributed by atoms with Crippen molar-refractivity contribution in [2.24, 2.45) is 11.8 Å². The average molecular weight is 496 g/mol. The van der Waals surface area contributed by atoms with Crippen molar-refractivity contribution in [1.29, 1.82) is 0 Å². The van der Waals surface area contributed by atoms with Crippen LogP contribution in [0.25, 0.3) is 0 Å². The molecule has 0 amide bonds. The molecule has 0 aromatic heterocycles. The molecule has 5 nitrogen and oxygen atoms in total. The molecule has 1 saturated carbocycles. The van der Waals surface area contributed by atoms with Crippen LogP contribution in [0.15, 0.2) is 49.1 Å². The van der Waals surface area contributed by atoms with E-state index >= 15 is 0 Å². The van der Waals surface area contributed by atoms with E-state index in [4.69, 9.17) is 21.1 Å². The number of anilines is 1. The van der Waals surface area contributed by atoms with Gasteiger partial charge in [-0.15, -0.1) is 6.58 Å². The molecule has 186 valence electrons. The molecule has 2 aromatic rings. The lowest BCUT2D eigenvalue weighted by Gasteiger charge is -2.45. The summed E-state index contributed by atoms with van der Waals surface area (Å²) in [7, 11) is 1.40. The van der Waals surface area contributed by atoms with Gasteiger partial charge in [0, 0.05) is 23.5 Å². The SMILES string of the molecule is C=CC[C@@H](O)[C@@H]1CC[C@H]1CN1CC2(CCCc3cc(Cl)ccc32)COc2ccc(C(=O)OC)cc21. The highest BCUT2D eigenvalue weighted by molar-refractivity contribution is 6.30. The van der Waals surface area contributed by atoms with Gasteiger partial charge < -0.3 is 19.5 Å². The van der Waals surface area contributed by atoms with Gasteiger partial charge in [-0.05, 0) is 91.8 Å². The molecular weight excluding hydrogens is 462 g/mol. The van der Waals surface area contributed by atoms with Crippen LogP contribution in [0.1, 0.15) is 53.6 Å². The normalized spacial score (nSPS) is 26.0. The van der Waals surface area contributed by atoms with Crippen molar-refractivity contribution >= 4 is 23.3 Å². The molecule has 0 bridgehead atoms. The highest BCUT2D eigenvalue weighted by atomic mass is 35.5. The largest absolute Gasteiger partial charge is 0.490 e. The Kier molecular flexibility index (Phi) is 6.82. The summed E-state index contributed by atoms with van der Waals surface area (Å²) in [5.41, 5.74) is 3.90. The zero-order valence-electron chi connectivity index (χ0n) is 20.3. The Morgan fingerprint density at radius 3 is 2.94 bits per heavy atom. The van der Waals surface area contributed by atoms with E-state index in [1.165, 1.54) is 18.2 Å². The number of carbonyl (C=O) groups is 1. The molecule has 1 heterocycles. The van der Waals surface area contributed by atoms with Crippen molar-refractivity contribution < 1.29 is 19.4 Å². The van der Waals surface area contributed by atoms with E-state index in [0.29, 0.717) is 24.5 Å². The number of aliphatic hydroxyl groups excluding tert-OH is 1. The van der Waals surface area contributed by atoms with Gasteiger partial charge in [0.1, 0.15) is 5.75 Å². The number of rotatable bonds is 6. The summed E-state index contributed by atoms with van der Waals surface area (Å²) in [6.07, 6.45) is 7.31. The first-order chi connectivity index (χ1) is 16.9. The minimum atomic E-state index is -0.359. The van der Waals surface area contributed by atoms with Crippen LogP contribution in [0.5, 0.6) is 5.75 Å². The first-order valence-electron chi connectivity index (χ1n) is 12.6. The molecule has 5 rings (SSSR count). The van der Waals surface area contributed by atoms with Crippen LogP contribution in [-0.2, 0) is 16.6 Å². The number of aliphatic hydroxyl groups is 1. The Morgan fingerprint density at radius 2 is 2.20 bits per heavy atom. The van der Waals surface area contributed by atoms with Crippen LogP contribution < -0.4 is 9.64 Å². The maximum absolute atomic E-state index is 12.3. The second kappa shape index (κ2) is 9.87. The maximum Gasteiger partial charge on any atom is 0.337 e. The Labute approximate surface area is 212 Å². The summed E-state index contributed by atoms with van der Waals surface area (Å²) in [5, 5.41) is 11.4. The first kappa shape index (κ1) is 24.2. The molecule has 6 heteroatoms. The van der Waals surface area contributed by atoms with Crippen LogP contribution in [0.4, 0.5) is 5.69 Å².